The van der Waals surface area contributed by atoms with E-state index in [1.165, 1.54) is 27.7 Å². The van der Waals surface area contributed by atoms with Crippen molar-refractivity contribution in [3.63, 3.8) is 0 Å². The molecule has 0 bridgehead atoms. The van der Waals surface area contributed by atoms with Gasteiger partial charge in [0.25, 0.3) is 0 Å². The number of nitrogens with two attached hydrogens (primary N) is 1. The van der Waals surface area contributed by atoms with E-state index in [4.69, 9.17) is 5.73 Å². The van der Waals surface area contributed by atoms with Crippen molar-refractivity contribution in [2.24, 2.45) is 17.6 Å². The van der Waals surface area contributed by atoms with Gasteiger partial charge in [-0.05, 0) is 58.1 Å². The summed E-state index contributed by atoms with van der Waals surface area (Å²) in [6, 6.07) is -0.980. The molecule has 2 fully saturated rings. The normalized spacial score (nSPS) is 26.4. The highest BCUT2D eigenvalue weighted by atomic mass is 16.3. The van der Waals surface area contributed by atoms with Crippen molar-refractivity contribution < 1.29 is 53.4 Å². The maximum absolute atomic E-state index is 14.4. The number of nitrogens with one attached hydrogen (secondary N) is 8. The highest BCUT2D eigenvalue weighted by Gasteiger charge is 2.43. The Morgan fingerprint density at radius 3 is 2.21 bits per heavy atom. The van der Waals surface area contributed by atoms with Crippen molar-refractivity contribution in [3.05, 3.63) is 35.5 Å². The van der Waals surface area contributed by atoms with Gasteiger partial charge in [0.15, 0.2) is 0 Å². The fraction of sp³-hybridized carbons (Fsp3) is 0.595. The number of aliphatic hydroxyl groups is 2. The summed E-state index contributed by atoms with van der Waals surface area (Å²) in [5, 5.41) is 39.0. The van der Waals surface area contributed by atoms with Crippen LogP contribution >= 0.6 is 0 Å². The maximum Gasteiger partial charge on any atom is 0.246 e. The Hall–Kier alpha value is -6.09. The van der Waals surface area contributed by atoms with E-state index < -0.39 is 132 Å². The van der Waals surface area contributed by atoms with Crippen molar-refractivity contribution >= 4 is 64.1 Å². The molecule has 2 aliphatic heterocycles. The number of aromatic nitrogens is 1. The molecule has 1 unspecified atom stereocenters. The van der Waals surface area contributed by atoms with Gasteiger partial charge in [0, 0.05) is 35.5 Å². The predicted molar refractivity (Wildman–Crippen MR) is 228 cm³/mol. The number of hydrogen-bond acceptors (Lipinski definition) is 11. The Morgan fingerprint density at radius 1 is 0.889 bits per heavy atom. The van der Waals surface area contributed by atoms with Crippen molar-refractivity contribution in [2.75, 3.05) is 19.7 Å². The van der Waals surface area contributed by atoms with E-state index in [1.54, 1.807) is 13.8 Å². The van der Waals surface area contributed by atoms with E-state index >= 15 is 0 Å². The number of H-pyrrole nitrogens is 1. The van der Waals surface area contributed by atoms with Crippen LogP contribution in [0, 0.1) is 18.8 Å². The molecule has 3 heterocycles. The number of carbonyl (C=O) groups is 9. The average molecular weight is 883 g/mol. The minimum atomic E-state index is -1.71. The van der Waals surface area contributed by atoms with Crippen LogP contribution in [0.4, 0.5) is 0 Å². The summed E-state index contributed by atoms with van der Waals surface area (Å²) in [7, 11) is 0. The minimum absolute atomic E-state index is 0.00152. The van der Waals surface area contributed by atoms with Gasteiger partial charge < -0.3 is 63.0 Å². The molecule has 21 nitrogen and oxygen atoms in total. The molecule has 2 aliphatic rings. The molecule has 63 heavy (non-hydrogen) atoms. The second kappa shape index (κ2) is 21.3. The molecule has 4 rings (SSSR count). The summed E-state index contributed by atoms with van der Waals surface area (Å²) < 4.78 is 0. The molecule has 2 saturated heterocycles. The second-order valence-electron chi connectivity index (χ2n) is 17.0. The molecule has 1 aromatic carbocycles. The smallest absolute Gasteiger partial charge is 0.246 e. The van der Waals surface area contributed by atoms with Crippen LogP contribution in [0.1, 0.15) is 78.5 Å². The molecule has 346 valence electrons. The Bertz CT molecular complexity index is 2070. The number of aromatic amines is 1. The molecule has 9 atom stereocenters. The SMILES string of the molecule is CC[C@H](C)[C@@H]1NC(=O)CNC(=O)[C@H](C)NC(=O)[C@H]([C@@H](C)[C@@H](O)CO)NC(=O)[C@@H]2CCCN2C(=O)[C@H](CC(N)=O)NC(=O)C(Cc2[nH]c3ccccc3c2C)NC(=O)C(C)(C)NC1=O. The Kier molecular flexibility index (Phi) is 16.8. The molecule has 0 aliphatic carbocycles. The van der Waals surface area contributed by atoms with Crippen LogP contribution in [0.15, 0.2) is 24.3 Å². The van der Waals surface area contributed by atoms with Crippen LogP contribution in [-0.2, 0) is 49.6 Å². The van der Waals surface area contributed by atoms with Crippen LogP contribution in [0.2, 0.25) is 0 Å². The molecule has 2 aromatic rings. The molecule has 9 amide bonds. The lowest BCUT2D eigenvalue weighted by atomic mass is 9.94. The van der Waals surface area contributed by atoms with E-state index in [2.05, 4.69) is 42.2 Å². The van der Waals surface area contributed by atoms with Crippen molar-refractivity contribution in [1.29, 1.82) is 0 Å². The summed E-state index contributed by atoms with van der Waals surface area (Å²) in [5.74, 6) is -9.26. The van der Waals surface area contributed by atoms with E-state index in [1.807, 2.05) is 31.2 Å². The first-order valence-corrected chi connectivity index (χ1v) is 21.1. The number of para-hydroxylation sites is 1. The van der Waals surface area contributed by atoms with E-state index in [-0.39, 0.29) is 19.4 Å². The first-order valence-electron chi connectivity index (χ1n) is 21.1. The Morgan fingerprint density at radius 2 is 1.57 bits per heavy atom. The number of aliphatic hydroxyl groups excluding tert-OH is 2. The third-order valence-electron chi connectivity index (χ3n) is 11.8. The number of rotatable bonds is 9. The predicted octanol–water partition coefficient (Wildman–Crippen LogP) is -2.61. The van der Waals surface area contributed by atoms with Crippen LogP contribution in [0.3, 0.4) is 0 Å². The van der Waals surface area contributed by atoms with Gasteiger partial charge in [0.2, 0.25) is 53.2 Å². The maximum atomic E-state index is 14.4. The summed E-state index contributed by atoms with van der Waals surface area (Å²) in [4.78, 5) is 127. The molecule has 12 N–H and O–H groups in total. The van der Waals surface area contributed by atoms with Gasteiger partial charge in [-0.3, -0.25) is 43.2 Å². The standard InChI is InChI=1S/C42H62N10O11/c1-8-20(2)33-39(61)51-42(6,7)41(63)48-27(16-26-21(3)24-12-9-10-13-25(24)46-26)36(58)47-28(17-31(43)55)40(62)52-15-11-14-29(52)37(59)50-34(22(4)30(54)19-53)38(60)45-23(5)35(57)44-18-32(56)49-33/h9-10,12-13,20,22-23,27-30,33-34,46,53-54H,8,11,14-19H2,1-7H3,(H2,43,55)(H,44,57)(H,45,60)(H,47,58)(H,48,63)(H,49,56)(H,50,59)(H,51,61)/t20-,22-,23-,27?,28-,29-,30-,33-,34-/m0/s1. The van der Waals surface area contributed by atoms with Crippen molar-refractivity contribution in [3.8, 4) is 0 Å². The zero-order valence-corrected chi connectivity index (χ0v) is 36.8. The van der Waals surface area contributed by atoms with Gasteiger partial charge in [-0.15, -0.1) is 0 Å². The van der Waals surface area contributed by atoms with Gasteiger partial charge in [-0.25, -0.2) is 0 Å². The van der Waals surface area contributed by atoms with Gasteiger partial charge in [-0.2, -0.15) is 0 Å². The lowest BCUT2D eigenvalue weighted by Gasteiger charge is -2.33. The van der Waals surface area contributed by atoms with Crippen molar-refractivity contribution in [2.45, 2.75) is 128 Å². The van der Waals surface area contributed by atoms with E-state index in [0.29, 0.717) is 18.5 Å². The lowest BCUT2D eigenvalue weighted by molar-refractivity contribution is -0.144. The zero-order chi connectivity index (χ0) is 46.9. The fourth-order valence-electron chi connectivity index (χ4n) is 7.60. The number of aryl methyl sites for hydroxylation is 1. The molecule has 0 saturated carbocycles. The molecule has 0 radical (unpaired) electrons. The number of primary amides is 1. The summed E-state index contributed by atoms with van der Waals surface area (Å²) in [5.41, 5.74) is 5.94. The van der Waals surface area contributed by atoms with Crippen LogP contribution in [0.25, 0.3) is 10.9 Å². The number of fused-ring (bicyclic) bond motifs is 2. The third-order valence-corrected chi connectivity index (χ3v) is 11.8. The highest BCUT2D eigenvalue weighted by molar-refractivity contribution is 6.00. The number of carbonyl (C=O) groups excluding carboxylic acids is 9. The quantitative estimate of drug-likeness (QED) is 0.124. The molecule has 0 spiro atoms. The van der Waals surface area contributed by atoms with Gasteiger partial charge >= 0.3 is 0 Å². The summed E-state index contributed by atoms with van der Waals surface area (Å²) in [6.45, 7) is 9.37. The van der Waals surface area contributed by atoms with Crippen molar-refractivity contribution in [1.82, 2.24) is 47.1 Å². The first kappa shape index (κ1) is 49.6. The second-order valence-corrected chi connectivity index (χ2v) is 17.0. The molecule has 21 heteroatoms. The van der Waals surface area contributed by atoms with E-state index in [0.717, 1.165) is 21.4 Å². The number of nitrogens with zero attached hydrogens (tertiary/aromatic N) is 1. The van der Waals surface area contributed by atoms with Crippen LogP contribution in [-0.4, -0.2) is 141 Å². The summed E-state index contributed by atoms with van der Waals surface area (Å²) >= 11 is 0. The molecule has 1 aromatic heterocycles. The third kappa shape index (κ3) is 12.3. The highest BCUT2D eigenvalue weighted by Crippen LogP contribution is 2.24. The summed E-state index contributed by atoms with van der Waals surface area (Å²) in [6.07, 6.45) is -1.55. The number of amides is 9. The van der Waals surface area contributed by atoms with Gasteiger partial charge in [-0.1, -0.05) is 45.4 Å². The van der Waals surface area contributed by atoms with Crippen LogP contribution in [0.5, 0.6) is 0 Å². The monoisotopic (exact) mass is 882 g/mol. The van der Waals surface area contributed by atoms with E-state index in [9.17, 15) is 53.4 Å². The zero-order valence-electron chi connectivity index (χ0n) is 36.8. The number of benzene rings is 1. The topological polar surface area (TPSA) is 323 Å². The van der Waals surface area contributed by atoms with Crippen LogP contribution < -0.4 is 43.0 Å². The molecular weight excluding hydrogens is 821 g/mol. The first-order chi connectivity index (χ1) is 29.6. The fourth-order valence-corrected chi connectivity index (χ4v) is 7.60. The van der Waals surface area contributed by atoms with Gasteiger partial charge in [0.1, 0.15) is 41.8 Å². The Balaban J connectivity index is 1.78. The molecular formula is C42H62N10O11. The van der Waals surface area contributed by atoms with Gasteiger partial charge in [0.05, 0.1) is 25.7 Å². The number of hydrogen-bond donors (Lipinski definition) is 11. The minimum Gasteiger partial charge on any atom is -0.394 e. The average Bonchev–Trinajstić information content (AvgIpc) is 3.86. The largest absolute Gasteiger partial charge is 0.394 e. The Labute approximate surface area is 365 Å². The lowest BCUT2D eigenvalue weighted by Crippen LogP contribution is -2.64.